The van der Waals surface area contributed by atoms with Crippen LogP contribution in [0, 0.1) is 0 Å². The third-order valence-electron chi connectivity index (χ3n) is 4.02. The summed E-state index contributed by atoms with van der Waals surface area (Å²) in [5, 5.41) is 13.1. The first-order chi connectivity index (χ1) is 9.36. The Kier molecular flexibility index (Phi) is 5.21. The minimum Gasteiger partial charge on any atom is -0.393 e. The molecule has 4 heteroatoms. The van der Waals surface area contributed by atoms with Gasteiger partial charge in [-0.3, -0.25) is 4.90 Å². The Bertz CT molecular complexity index is 422. The van der Waals surface area contributed by atoms with Crippen molar-refractivity contribution in [3.63, 3.8) is 0 Å². The molecule has 1 aliphatic rings. The number of piperidine rings is 1. The van der Waals surface area contributed by atoms with E-state index in [1.165, 1.54) is 30.0 Å². The first kappa shape index (κ1) is 15.9. The summed E-state index contributed by atoms with van der Waals surface area (Å²) in [5.41, 5.74) is 1.33. The molecule has 0 radical (unpaired) electrons. The highest BCUT2D eigenvalue weighted by molar-refractivity contribution is 7.09. The van der Waals surface area contributed by atoms with Crippen LogP contribution in [0.2, 0.25) is 0 Å². The van der Waals surface area contributed by atoms with Crippen LogP contribution in [-0.2, 0) is 12.0 Å². The fourth-order valence-corrected chi connectivity index (χ4v) is 3.88. The number of aromatic nitrogens is 1. The summed E-state index contributed by atoms with van der Waals surface area (Å²) in [5.74, 6) is 0. The molecule has 1 aromatic heterocycles. The van der Waals surface area contributed by atoms with Crippen LogP contribution in [0.4, 0.5) is 0 Å². The summed E-state index contributed by atoms with van der Waals surface area (Å²) in [6.07, 6.45) is 4.45. The van der Waals surface area contributed by atoms with Gasteiger partial charge >= 0.3 is 0 Å². The first-order valence-corrected chi connectivity index (χ1v) is 8.61. The highest BCUT2D eigenvalue weighted by Crippen LogP contribution is 2.27. The average molecular weight is 296 g/mol. The molecule has 2 rings (SSSR count). The summed E-state index contributed by atoms with van der Waals surface area (Å²) in [4.78, 5) is 7.32. The van der Waals surface area contributed by atoms with Crippen molar-refractivity contribution in [1.29, 1.82) is 0 Å². The molecular weight excluding hydrogens is 268 g/mol. The lowest BCUT2D eigenvalue weighted by atomic mass is 9.93. The Morgan fingerprint density at radius 3 is 2.80 bits per heavy atom. The molecule has 1 N–H and O–H groups in total. The van der Waals surface area contributed by atoms with Gasteiger partial charge in [-0.05, 0) is 32.7 Å². The van der Waals surface area contributed by atoms with Gasteiger partial charge in [-0.25, -0.2) is 4.98 Å². The van der Waals surface area contributed by atoms with Crippen molar-refractivity contribution in [2.75, 3.05) is 6.54 Å². The Morgan fingerprint density at radius 1 is 1.45 bits per heavy atom. The Hall–Kier alpha value is -0.450. The SMILES string of the molecule is CC(O)CC1CCCCN1Cc1nc(C(C)(C)C)cs1. The first-order valence-electron chi connectivity index (χ1n) is 7.73. The van der Waals surface area contributed by atoms with Gasteiger partial charge in [-0.1, -0.05) is 27.2 Å². The Morgan fingerprint density at radius 2 is 2.20 bits per heavy atom. The number of hydrogen-bond acceptors (Lipinski definition) is 4. The smallest absolute Gasteiger partial charge is 0.107 e. The molecule has 1 fully saturated rings. The van der Waals surface area contributed by atoms with Gasteiger partial charge in [-0.15, -0.1) is 11.3 Å². The highest BCUT2D eigenvalue weighted by atomic mass is 32.1. The van der Waals surface area contributed by atoms with E-state index in [4.69, 9.17) is 4.98 Å². The second kappa shape index (κ2) is 6.54. The number of likely N-dealkylation sites (tertiary alicyclic amines) is 1. The van der Waals surface area contributed by atoms with Gasteiger partial charge in [0.25, 0.3) is 0 Å². The summed E-state index contributed by atoms with van der Waals surface area (Å²) < 4.78 is 0. The van der Waals surface area contributed by atoms with E-state index in [1.807, 2.05) is 6.92 Å². The molecule has 2 heterocycles. The maximum Gasteiger partial charge on any atom is 0.107 e. The number of rotatable bonds is 4. The number of thiazole rings is 1. The standard InChI is InChI=1S/C16H28N2OS/c1-12(19)9-13-7-5-6-8-18(13)10-15-17-14(11-20-15)16(2,3)4/h11-13,19H,5-10H2,1-4H3. The van der Waals surface area contributed by atoms with Gasteiger partial charge in [0.1, 0.15) is 5.01 Å². The van der Waals surface area contributed by atoms with Crippen molar-refractivity contribution < 1.29 is 5.11 Å². The zero-order valence-corrected chi connectivity index (χ0v) is 14.0. The molecule has 2 atom stereocenters. The van der Waals surface area contributed by atoms with Crippen molar-refractivity contribution >= 4 is 11.3 Å². The fourth-order valence-electron chi connectivity index (χ4n) is 2.83. The second-order valence-electron chi connectivity index (χ2n) is 7.08. The van der Waals surface area contributed by atoms with Gasteiger partial charge in [0.2, 0.25) is 0 Å². The molecule has 0 spiro atoms. The molecule has 1 aliphatic heterocycles. The lowest BCUT2D eigenvalue weighted by Crippen LogP contribution is -2.40. The third-order valence-corrected chi connectivity index (χ3v) is 4.85. The predicted molar refractivity (Wildman–Crippen MR) is 85.2 cm³/mol. The highest BCUT2D eigenvalue weighted by Gasteiger charge is 2.25. The van der Waals surface area contributed by atoms with E-state index < -0.39 is 0 Å². The lowest BCUT2D eigenvalue weighted by molar-refractivity contribution is 0.0817. The minimum absolute atomic E-state index is 0.135. The molecule has 2 unspecified atom stereocenters. The van der Waals surface area contributed by atoms with Crippen LogP contribution in [0.15, 0.2) is 5.38 Å². The summed E-state index contributed by atoms with van der Waals surface area (Å²) >= 11 is 1.78. The topological polar surface area (TPSA) is 36.4 Å². The number of aliphatic hydroxyl groups is 1. The number of hydrogen-bond donors (Lipinski definition) is 1. The Balaban J connectivity index is 2.01. The third kappa shape index (κ3) is 4.27. The molecular formula is C16H28N2OS. The largest absolute Gasteiger partial charge is 0.393 e. The van der Waals surface area contributed by atoms with Gasteiger partial charge in [-0.2, -0.15) is 0 Å². The monoisotopic (exact) mass is 296 g/mol. The van der Waals surface area contributed by atoms with Crippen LogP contribution >= 0.6 is 11.3 Å². The van der Waals surface area contributed by atoms with E-state index in [2.05, 4.69) is 31.1 Å². The molecule has 1 aromatic rings. The van der Waals surface area contributed by atoms with Crippen LogP contribution in [0.5, 0.6) is 0 Å². The summed E-state index contributed by atoms with van der Waals surface area (Å²) in [6, 6.07) is 0.519. The van der Waals surface area contributed by atoms with E-state index >= 15 is 0 Å². The van der Waals surface area contributed by atoms with Crippen LogP contribution in [-0.4, -0.2) is 33.7 Å². The average Bonchev–Trinajstić information content (AvgIpc) is 2.79. The van der Waals surface area contributed by atoms with Crippen molar-refractivity contribution in [3.05, 3.63) is 16.1 Å². The van der Waals surface area contributed by atoms with Crippen LogP contribution in [0.25, 0.3) is 0 Å². The normalized spacial score (nSPS) is 22.9. The zero-order chi connectivity index (χ0) is 14.8. The second-order valence-corrected chi connectivity index (χ2v) is 8.02. The van der Waals surface area contributed by atoms with Gasteiger partial charge in [0.15, 0.2) is 0 Å². The molecule has 0 aliphatic carbocycles. The lowest BCUT2D eigenvalue weighted by Gasteiger charge is -2.35. The van der Waals surface area contributed by atoms with Gasteiger partial charge in [0, 0.05) is 16.8 Å². The van der Waals surface area contributed by atoms with E-state index in [-0.39, 0.29) is 11.5 Å². The fraction of sp³-hybridized carbons (Fsp3) is 0.812. The van der Waals surface area contributed by atoms with E-state index in [1.54, 1.807) is 11.3 Å². The van der Waals surface area contributed by atoms with E-state index in [9.17, 15) is 5.11 Å². The van der Waals surface area contributed by atoms with Crippen molar-refractivity contribution in [2.45, 2.75) is 77.5 Å². The number of nitrogens with zero attached hydrogens (tertiary/aromatic N) is 2. The predicted octanol–water partition coefficient (Wildman–Crippen LogP) is 3.57. The number of aliphatic hydroxyl groups excluding tert-OH is 1. The molecule has 3 nitrogen and oxygen atoms in total. The van der Waals surface area contributed by atoms with Gasteiger partial charge < -0.3 is 5.11 Å². The quantitative estimate of drug-likeness (QED) is 0.923. The Labute approximate surface area is 127 Å². The maximum absolute atomic E-state index is 9.66. The molecule has 0 saturated carbocycles. The van der Waals surface area contributed by atoms with Crippen molar-refractivity contribution in [1.82, 2.24) is 9.88 Å². The molecule has 20 heavy (non-hydrogen) atoms. The summed E-state index contributed by atoms with van der Waals surface area (Å²) in [6.45, 7) is 10.6. The van der Waals surface area contributed by atoms with E-state index in [0.29, 0.717) is 6.04 Å². The molecule has 0 bridgehead atoms. The van der Waals surface area contributed by atoms with E-state index in [0.717, 1.165) is 19.5 Å². The van der Waals surface area contributed by atoms with Crippen molar-refractivity contribution in [2.24, 2.45) is 0 Å². The minimum atomic E-state index is -0.206. The zero-order valence-electron chi connectivity index (χ0n) is 13.2. The molecule has 1 saturated heterocycles. The summed E-state index contributed by atoms with van der Waals surface area (Å²) in [7, 11) is 0. The van der Waals surface area contributed by atoms with Gasteiger partial charge in [0.05, 0.1) is 18.3 Å². The molecule has 114 valence electrons. The maximum atomic E-state index is 9.66. The molecule has 0 aromatic carbocycles. The van der Waals surface area contributed by atoms with Crippen LogP contribution < -0.4 is 0 Å². The van der Waals surface area contributed by atoms with Crippen LogP contribution in [0.1, 0.15) is 64.1 Å². The molecule has 0 amide bonds. The van der Waals surface area contributed by atoms with Crippen LogP contribution in [0.3, 0.4) is 0 Å². The van der Waals surface area contributed by atoms with Crippen molar-refractivity contribution in [3.8, 4) is 0 Å².